The first kappa shape index (κ1) is 26.5. The van der Waals surface area contributed by atoms with Gasteiger partial charge in [-0.1, -0.05) is 0 Å². The number of anilines is 2. The number of carbonyl (C=O) groups excluding carboxylic acids is 2. The maximum absolute atomic E-state index is 13.0. The summed E-state index contributed by atoms with van der Waals surface area (Å²) >= 11 is 2.01. The standard InChI is InChI=1S/C26H21FIN3O5/c1-2-35-23-13-16(11-17(14-29)26(34)31-20-7-9-21(32)10-8-20)12-22(28)25(23)36-15-24(33)30-19-5-3-18(27)4-6-19/h3-13,32H,2,15H2,1H3,(H,30,33)(H,31,34)/b17-11+. The van der Waals surface area contributed by atoms with Gasteiger partial charge in [0.15, 0.2) is 18.1 Å². The van der Waals surface area contributed by atoms with Gasteiger partial charge in [-0.25, -0.2) is 4.39 Å². The third-order valence-corrected chi connectivity index (χ3v) is 5.41. The van der Waals surface area contributed by atoms with Crippen LogP contribution in [0.25, 0.3) is 6.08 Å². The summed E-state index contributed by atoms with van der Waals surface area (Å²) in [6, 6.07) is 16.4. The first-order chi connectivity index (χ1) is 17.3. The van der Waals surface area contributed by atoms with Crippen molar-refractivity contribution in [1.82, 2.24) is 0 Å². The molecule has 8 nitrogen and oxygen atoms in total. The number of nitrogens with one attached hydrogen (secondary N) is 2. The summed E-state index contributed by atoms with van der Waals surface area (Å²) in [5.41, 5.74) is 1.23. The Hall–Kier alpha value is -4.11. The normalized spacial score (nSPS) is 10.8. The molecule has 0 heterocycles. The lowest BCUT2D eigenvalue weighted by molar-refractivity contribution is -0.118. The highest BCUT2D eigenvalue weighted by atomic mass is 127. The van der Waals surface area contributed by atoms with Crippen LogP contribution in [0.2, 0.25) is 0 Å². The summed E-state index contributed by atoms with van der Waals surface area (Å²) in [7, 11) is 0. The zero-order valence-electron chi connectivity index (χ0n) is 19.0. The van der Waals surface area contributed by atoms with Crippen molar-refractivity contribution in [3.05, 3.63) is 81.2 Å². The van der Waals surface area contributed by atoms with Gasteiger partial charge in [0.2, 0.25) is 0 Å². The monoisotopic (exact) mass is 601 g/mol. The van der Waals surface area contributed by atoms with Gasteiger partial charge in [-0.15, -0.1) is 0 Å². The van der Waals surface area contributed by atoms with E-state index in [-0.39, 0.29) is 17.9 Å². The summed E-state index contributed by atoms with van der Waals surface area (Å²) in [6.45, 7) is 1.78. The zero-order chi connectivity index (χ0) is 26.1. The summed E-state index contributed by atoms with van der Waals surface area (Å²) in [5.74, 6) is -0.753. The van der Waals surface area contributed by atoms with E-state index < -0.39 is 17.6 Å². The maximum atomic E-state index is 13.0. The topological polar surface area (TPSA) is 121 Å². The minimum absolute atomic E-state index is 0.0531. The molecule has 0 bridgehead atoms. The van der Waals surface area contributed by atoms with Gasteiger partial charge in [0, 0.05) is 11.4 Å². The Bertz CT molecular complexity index is 1320. The number of phenols is 1. The van der Waals surface area contributed by atoms with Crippen LogP contribution in [0.4, 0.5) is 15.8 Å². The third-order valence-electron chi connectivity index (χ3n) is 4.61. The van der Waals surface area contributed by atoms with Gasteiger partial charge in [-0.2, -0.15) is 5.26 Å². The van der Waals surface area contributed by atoms with Crippen molar-refractivity contribution < 1.29 is 28.6 Å². The Morgan fingerprint density at radius 1 is 1.06 bits per heavy atom. The molecule has 36 heavy (non-hydrogen) atoms. The van der Waals surface area contributed by atoms with Crippen LogP contribution in [0.5, 0.6) is 17.2 Å². The highest BCUT2D eigenvalue weighted by Gasteiger charge is 2.16. The van der Waals surface area contributed by atoms with E-state index in [1.165, 1.54) is 54.6 Å². The van der Waals surface area contributed by atoms with E-state index in [1.807, 2.05) is 28.7 Å². The summed E-state index contributed by atoms with van der Waals surface area (Å²) < 4.78 is 25.0. The van der Waals surface area contributed by atoms with Crippen LogP contribution in [0.3, 0.4) is 0 Å². The van der Waals surface area contributed by atoms with Crippen molar-refractivity contribution in [2.24, 2.45) is 0 Å². The molecule has 10 heteroatoms. The number of nitrogens with zero attached hydrogens (tertiary/aromatic N) is 1. The maximum Gasteiger partial charge on any atom is 0.266 e. The molecule has 3 rings (SSSR count). The number of hydrogen-bond donors (Lipinski definition) is 3. The molecule has 0 aliphatic heterocycles. The van der Waals surface area contributed by atoms with Crippen molar-refractivity contribution in [1.29, 1.82) is 5.26 Å². The van der Waals surface area contributed by atoms with Crippen molar-refractivity contribution in [2.45, 2.75) is 6.92 Å². The van der Waals surface area contributed by atoms with Gasteiger partial charge in [0.1, 0.15) is 23.2 Å². The molecule has 2 amide bonds. The van der Waals surface area contributed by atoms with Crippen LogP contribution in [0, 0.1) is 20.7 Å². The molecule has 0 aliphatic rings. The molecule has 0 saturated carbocycles. The van der Waals surface area contributed by atoms with Crippen LogP contribution in [-0.4, -0.2) is 30.1 Å². The number of rotatable bonds is 9. The van der Waals surface area contributed by atoms with E-state index in [2.05, 4.69) is 10.6 Å². The molecular formula is C26H21FIN3O5. The van der Waals surface area contributed by atoms with Crippen LogP contribution in [0.1, 0.15) is 12.5 Å². The van der Waals surface area contributed by atoms with Crippen molar-refractivity contribution in [3.63, 3.8) is 0 Å². The van der Waals surface area contributed by atoms with Gasteiger partial charge in [0.05, 0.1) is 10.2 Å². The van der Waals surface area contributed by atoms with Gasteiger partial charge in [-0.3, -0.25) is 9.59 Å². The van der Waals surface area contributed by atoms with Crippen LogP contribution >= 0.6 is 22.6 Å². The minimum Gasteiger partial charge on any atom is -0.508 e. The lowest BCUT2D eigenvalue weighted by Crippen LogP contribution is -2.20. The molecule has 0 aromatic heterocycles. The third kappa shape index (κ3) is 7.44. The molecule has 0 unspecified atom stereocenters. The fourth-order valence-electron chi connectivity index (χ4n) is 3.00. The second-order valence-electron chi connectivity index (χ2n) is 7.28. The molecule has 0 spiro atoms. The number of nitriles is 1. The molecule has 3 aromatic rings. The fraction of sp³-hybridized carbons (Fsp3) is 0.115. The van der Waals surface area contributed by atoms with Crippen LogP contribution in [-0.2, 0) is 9.59 Å². The quantitative estimate of drug-likeness (QED) is 0.136. The van der Waals surface area contributed by atoms with Gasteiger partial charge in [-0.05, 0) is 102 Å². The lowest BCUT2D eigenvalue weighted by atomic mass is 10.1. The van der Waals surface area contributed by atoms with E-state index in [0.717, 1.165) is 0 Å². The number of benzene rings is 3. The summed E-state index contributed by atoms with van der Waals surface area (Å²) in [4.78, 5) is 24.8. The van der Waals surface area contributed by atoms with Crippen molar-refractivity contribution in [2.75, 3.05) is 23.8 Å². The van der Waals surface area contributed by atoms with E-state index in [0.29, 0.717) is 38.6 Å². The Labute approximate surface area is 220 Å². The SMILES string of the molecule is CCOc1cc(/C=C(\C#N)C(=O)Nc2ccc(O)cc2)cc(I)c1OCC(=O)Nc1ccc(F)cc1. The Morgan fingerprint density at radius 3 is 2.33 bits per heavy atom. The molecule has 3 aromatic carbocycles. The fourth-order valence-corrected chi connectivity index (χ4v) is 3.78. The molecule has 3 N–H and O–H groups in total. The smallest absolute Gasteiger partial charge is 0.266 e. The first-order valence-electron chi connectivity index (χ1n) is 10.7. The average molecular weight is 601 g/mol. The highest BCUT2D eigenvalue weighted by molar-refractivity contribution is 14.1. The predicted octanol–water partition coefficient (Wildman–Crippen LogP) is 5.10. The minimum atomic E-state index is -0.617. The van der Waals surface area contributed by atoms with E-state index in [9.17, 15) is 24.3 Å². The molecule has 0 aliphatic carbocycles. The van der Waals surface area contributed by atoms with Crippen LogP contribution < -0.4 is 20.1 Å². The molecule has 0 fully saturated rings. The van der Waals surface area contributed by atoms with Crippen molar-refractivity contribution >= 4 is 51.9 Å². The average Bonchev–Trinajstić information content (AvgIpc) is 2.85. The Morgan fingerprint density at radius 2 is 1.69 bits per heavy atom. The van der Waals surface area contributed by atoms with E-state index in [4.69, 9.17) is 9.47 Å². The molecule has 0 radical (unpaired) electrons. The predicted molar refractivity (Wildman–Crippen MR) is 141 cm³/mol. The second-order valence-corrected chi connectivity index (χ2v) is 8.44. The number of ether oxygens (including phenoxy) is 2. The highest BCUT2D eigenvalue weighted by Crippen LogP contribution is 2.35. The summed E-state index contributed by atoms with van der Waals surface area (Å²) in [6.07, 6.45) is 1.41. The molecular weight excluding hydrogens is 580 g/mol. The van der Waals surface area contributed by atoms with Gasteiger partial charge in [0.25, 0.3) is 11.8 Å². The first-order valence-corrected chi connectivity index (χ1v) is 11.7. The number of carbonyl (C=O) groups is 2. The largest absolute Gasteiger partial charge is 0.508 e. The molecule has 0 saturated heterocycles. The van der Waals surface area contributed by atoms with Gasteiger partial charge >= 0.3 is 0 Å². The van der Waals surface area contributed by atoms with E-state index >= 15 is 0 Å². The van der Waals surface area contributed by atoms with E-state index in [1.54, 1.807) is 19.1 Å². The van der Waals surface area contributed by atoms with Crippen LogP contribution in [0.15, 0.2) is 66.2 Å². The number of aromatic hydroxyl groups is 1. The second kappa shape index (κ2) is 12.6. The number of halogens is 2. The zero-order valence-corrected chi connectivity index (χ0v) is 21.2. The Kier molecular flexibility index (Phi) is 9.24. The summed E-state index contributed by atoms with van der Waals surface area (Å²) in [5, 5.41) is 24.1. The number of amides is 2. The lowest BCUT2D eigenvalue weighted by Gasteiger charge is -2.15. The number of phenolic OH excluding ortho intramolecular Hbond substituents is 1. The Balaban J connectivity index is 1.76. The van der Waals surface area contributed by atoms with Gasteiger partial charge < -0.3 is 25.2 Å². The molecule has 0 atom stereocenters. The molecule has 184 valence electrons. The van der Waals surface area contributed by atoms with Crippen molar-refractivity contribution in [3.8, 4) is 23.3 Å². The number of hydrogen-bond acceptors (Lipinski definition) is 6.